The van der Waals surface area contributed by atoms with E-state index in [1.807, 2.05) is 25.1 Å². The molecule has 1 aliphatic heterocycles. The number of anilines is 1. The summed E-state index contributed by atoms with van der Waals surface area (Å²) in [5, 5.41) is -0.329. The zero-order chi connectivity index (χ0) is 15.6. The van der Waals surface area contributed by atoms with Crippen LogP contribution in [0.15, 0.2) is 18.2 Å². The highest BCUT2D eigenvalue weighted by atomic mass is 32.2. The second kappa shape index (κ2) is 6.54. The lowest BCUT2D eigenvalue weighted by atomic mass is 10.1. The number of aryl methyl sites for hydroxylation is 1. The highest BCUT2D eigenvalue weighted by Crippen LogP contribution is 2.24. The van der Waals surface area contributed by atoms with Crippen molar-refractivity contribution in [3.05, 3.63) is 23.9 Å². The summed E-state index contributed by atoms with van der Waals surface area (Å²) in [6.45, 7) is 3.38. The van der Waals surface area contributed by atoms with Crippen molar-refractivity contribution < 1.29 is 8.42 Å². The fourth-order valence-corrected chi connectivity index (χ4v) is 5.22. The van der Waals surface area contributed by atoms with Gasteiger partial charge in [-0.05, 0) is 44.7 Å². The molecule has 2 heterocycles. The zero-order valence-corrected chi connectivity index (χ0v) is 14.0. The monoisotopic (exact) mass is 323 g/mol. The van der Waals surface area contributed by atoms with Crippen LogP contribution in [0.2, 0.25) is 0 Å². The minimum Gasteiger partial charge on any atom is -0.355 e. The SMILES string of the molecule is Cc1cccc(N2CCCC(S(=O)(=O)NC3CCCC3)C2)n1. The van der Waals surface area contributed by atoms with Crippen LogP contribution in [0, 0.1) is 6.92 Å². The fraction of sp³-hybridized carbons (Fsp3) is 0.688. The predicted octanol–water partition coefficient (Wildman–Crippen LogP) is 2.22. The minimum absolute atomic E-state index is 0.150. The summed E-state index contributed by atoms with van der Waals surface area (Å²) in [6, 6.07) is 6.06. The van der Waals surface area contributed by atoms with Gasteiger partial charge in [-0.3, -0.25) is 0 Å². The first-order chi connectivity index (χ1) is 10.5. The van der Waals surface area contributed by atoms with Gasteiger partial charge in [0.15, 0.2) is 0 Å². The number of pyridine rings is 1. The van der Waals surface area contributed by atoms with Crippen LogP contribution in [0.4, 0.5) is 5.82 Å². The first kappa shape index (κ1) is 15.7. The molecule has 1 atom stereocenters. The van der Waals surface area contributed by atoms with E-state index in [4.69, 9.17) is 0 Å². The van der Waals surface area contributed by atoms with E-state index in [-0.39, 0.29) is 11.3 Å². The van der Waals surface area contributed by atoms with Crippen LogP contribution >= 0.6 is 0 Å². The van der Waals surface area contributed by atoms with Crippen molar-refractivity contribution in [2.24, 2.45) is 0 Å². The van der Waals surface area contributed by atoms with Crippen LogP contribution < -0.4 is 9.62 Å². The van der Waals surface area contributed by atoms with Crippen LogP contribution in [0.3, 0.4) is 0 Å². The number of nitrogens with one attached hydrogen (secondary N) is 1. The Kier molecular flexibility index (Phi) is 4.68. The second-order valence-electron chi connectivity index (χ2n) is 6.49. The van der Waals surface area contributed by atoms with Crippen molar-refractivity contribution >= 4 is 15.8 Å². The molecule has 1 unspecified atom stereocenters. The second-order valence-corrected chi connectivity index (χ2v) is 8.48. The maximum Gasteiger partial charge on any atom is 0.216 e. The number of hydrogen-bond donors (Lipinski definition) is 1. The van der Waals surface area contributed by atoms with E-state index in [9.17, 15) is 8.42 Å². The third-order valence-electron chi connectivity index (χ3n) is 4.70. The van der Waals surface area contributed by atoms with Gasteiger partial charge in [-0.15, -0.1) is 0 Å². The third-order valence-corrected chi connectivity index (χ3v) is 6.63. The van der Waals surface area contributed by atoms with Crippen molar-refractivity contribution in [2.45, 2.75) is 56.7 Å². The summed E-state index contributed by atoms with van der Waals surface area (Å²) in [5.41, 5.74) is 0.964. The Morgan fingerprint density at radius 2 is 1.95 bits per heavy atom. The molecule has 1 aromatic rings. The van der Waals surface area contributed by atoms with Crippen LogP contribution in [0.5, 0.6) is 0 Å². The molecule has 22 heavy (non-hydrogen) atoms. The standard InChI is InChI=1S/C16H25N3O2S/c1-13-6-4-10-16(17-13)19-11-5-9-15(12-19)22(20,21)18-14-7-2-3-8-14/h4,6,10,14-15,18H,2-3,5,7-9,11-12H2,1H3. The van der Waals surface area contributed by atoms with E-state index in [2.05, 4.69) is 14.6 Å². The normalized spacial score (nSPS) is 23.9. The molecule has 3 rings (SSSR count). The van der Waals surface area contributed by atoms with E-state index in [1.165, 1.54) is 0 Å². The van der Waals surface area contributed by atoms with Gasteiger partial charge in [-0.1, -0.05) is 18.9 Å². The molecule has 0 radical (unpaired) electrons. The summed E-state index contributed by atoms with van der Waals surface area (Å²) in [7, 11) is -3.24. The van der Waals surface area contributed by atoms with Gasteiger partial charge in [0.2, 0.25) is 10.0 Å². The third kappa shape index (κ3) is 3.60. The maximum atomic E-state index is 12.6. The Bertz CT molecular complexity index is 612. The molecule has 0 spiro atoms. The van der Waals surface area contributed by atoms with Gasteiger partial charge in [-0.2, -0.15) is 0 Å². The van der Waals surface area contributed by atoms with E-state index in [0.29, 0.717) is 6.54 Å². The van der Waals surface area contributed by atoms with Crippen molar-refractivity contribution in [3.8, 4) is 0 Å². The molecule has 6 heteroatoms. The summed E-state index contributed by atoms with van der Waals surface area (Å²) in [5.74, 6) is 0.890. The summed E-state index contributed by atoms with van der Waals surface area (Å²) in [6.07, 6.45) is 5.87. The van der Waals surface area contributed by atoms with Gasteiger partial charge < -0.3 is 4.90 Å². The molecule has 0 aromatic carbocycles. The Morgan fingerprint density at radius 1 is 1.18 bits per heavy atom. The molecule has 1 aromatic heterocycles. The van der Waals surface area contributed by atoms with E-state index >= 15 is 0 Å². The summed E-state index contributed by atoms with van der Waals surface area (Å²) >= 11 is 0. The molecular weight excluding hydrogens is 298 g/mol. The number of aromatic nitrogens is 1. The molecule has 1 aliphatic carbocycles. The molecule has 2 fully saturated rings. The molecule has 1 saturated heterocycles. The molecule has 0 amide bonds. The van der Waals surface area contributed by atoms with E-state index in [0.717, 1.165) is 56.6 Å². The van der Waals surface area contributed by atoms with E-state index in [1.54, 1.807) is 0 Å². The molecule has 0 bridgehead atoms. The van der Waals surface area contributed by atoms with Gasteiger partial charge in [0.1, 0.15) is 5.82 Å². The lowest BCUT2D eigenvalue weighted by Gasteiger charge is -2.34. The smallest absolute Gasteiger partial charge is 0.216 e. The van der Waals surface area contributed by atoms with Crippen molar-refractivity contribution in [3.63, 3.8) is 0 Å². The van der Waals surface area contributed by atoms with Crippen LogP contribution in [-0.2, 0) is 10.0 Å². The highest BCUT2D eigenvalue weighted by molar-refractivity contribution is 7.90. The van der Waals surface area contributed by atoms with Gasteiger partial charge in [0.25, 0.3) is 0 Å². The summed E-state index contributed by atoms with van der Waals surface area (Å²) < 4.78 is 28.2. The van der Waals surface area contributed by atoms with Gasteiger partial charge in [0, 0.05) is 24.8 Å². The largest absolute Gasteiger partial charge is 0.355 e. The Balaban J connectivity index is 1.69. The number of nitrogens with zero attached hydrogens (tertiary/aromatic N) is 2. The molecule has 5 nitrogen and oxygen atoms in total. The summed E-state index contributed by atoms with van der Waals surface area (Å²) in [4.78, 5) is 6.63. The Hall–Kier alpha value is -1.14. The van der Waals surface area contributed by atoms with Crippen molar-refractivity contribution in [1.29, 1.82) is 0 Å². The van der Waals surface area contributed by atoms with Crippen LogP contribution in [-0.4, -0.2) is 37.8 Å². The molecule has 122 valence electrons. The molecule has 2 aliphatic rings. The topological polar surface area (TPSA) is 62.3 Å². The number of piperidine rings is 1. The van der Waals surface area contributed by atoms with E-state index < -0.39 is 10.0 Å². The quantitative estimate of drug-likeness (QED) is 0.923. The zero-order valence-electron chi connectivity index (χ0n) is 13.2. The lowest BCUT2D eigenvalue weighted by Crippen LogP contribution is -2.48. The molecular formula is C16H25N3O2S. The maximum absolute atomic E-state index is 12.6. The Morgan fingerprint density at radius 3 is 2.68 bits per heavy atom. The molecule has 1 saturated carbocycles. The first-order valence-electron chi connectivity index (χ1n) is 8.24. The van der Waals surface area contributed by atoms with Gasteiger partial charge >= 0.3 is 0 Å². The first-order valence-corrected chi connectivity index (χ1v) is 9.79. The minimum atomic E-state index is -3.24. The van der Waals surface area contributed by atoms with Crippen molar-refractivity contribution in [1.82, 2.24) is 9.71 Å². The van der Waals surface area contributed by atoms with Crippen molar-refractivity contribution in [2.75, 3.05) is 18.0 Å². The number of rotatable bonds is 4. The van der Waals surface area contributed by atoms with Gasteiger partial charge in [-0.25, -0.2) is 18.1 Å². The lowest BCUT2D eigenvalue weighted by molar-refractivity contribution is 0.505. The average Bonchev–Trinajstić information content (AvgIpc) is 3.00. The number of hydrogen-bond acceptors (Lipinski definition) is 4. The fourth-order valence-electron chi connectivity index (χ4n) is 3.48. The highest BCUT2D eigenvalue weighted by Gasteiger charge is 2.33. The number of sulfonamides is 1. The van der Waals surface area contributed by atoms with Crippen LogP contribution in [0.25, 0.3) is 0 Å². The van der Waals surface area contributed by atoms with Crippen LogP contribution in [0.1, 0.15) is 44.2 Å². The predicted molar refractivity (Wildman–Crippen MR) is 88.5 cm³/mol. The Labute approximate surface area is 133 Å². The average molecular weight is 323 g/mol. The molecule has 1 N–H and O–H groups in total. The van der Waals surface area contributed by atoms with Gasteiger partial charge in [0.05, 0.1) is 5.25 Å².